The summed E-state index contributed by atoms with van der Waals surface area (Å²) < 4.78 is 23.5. The first kappa shape index (κ1) is 25.4. The van der Waals surface area contributed by atoms with Crippen LogP contribution in [0.1, 0.15) is 39.5 Å². The molecule has 1 atom stereocenters. The third-order valence-corrected chi connectivity index (χ3v) is 3.56. The van der Waals surface area contributed by atoms with Crippen molar-refractivity contribution >= 4 is 35.9 Å². The highest BCUT2D eigenvalue weighted by atomic mass is 127. The predicted molar refractivity (Wildman–Crippen MR) is 116 cm³/mol. The highest BCUT2D eigenvalue weighted by Crippen LogP contribution is 2.13. The van der Waals surface area contributed by atoms with Gasteiger partial charge in [0.25, 0.3) is 0 Å². The van der Waals surface area contributed by atoms with E-state index in [1.54, 1.807) is 12.1 Å². The molecule has 0 radical (unpaired) electrons. The highest BCUT2D eigenvalue weighted by molar-refractivity contribution is 14.0. The zero-order valence-electron chi connectivity index (χ0n) is 16.3. The summed E-state index contributed by atoms with van der Waals surface area (Å²) in [5, 5.41) is 6.44. The number of carbonyl (C=O) groups excluding carboxylic acids is 1. The van der Waals surface area contributed by atoms with Gasteiger partial charge in [0, 0.05) is 25.6 Å². The molecule has 0 bridgehead atoms. The first-order valence-electron chi connectivity index (χ1n) is 9.06. The third kappa shape index (κ3) is 12.4. The zero-order valence-corrected chi connectivity index (χ0v) is 18.6. The fraction of sp³-hybridized carbons (Fsp3) is 0.579. The lowest BCUT2D eigenvalue weighted by atomic mass is 10.2. The number of aliphatic imine (C=N–C) groups is 1. The number of methoxy groups -OCH3 is 1. The molecular formula is C19H31FIN3O3. The molecule has 2 N–H and O–H groups in total. The second-order valence-electron chi connectivity index (χ2n) is 5.92. The summed E-state index contributed by atoms with van der Waals surface area (Å²) in [4.78, 5) is 15.5. The number of benzene rings is 1. The number of rotatable bonds is 11. The van der Waals surface area contributed by atoms with Crippen LogP contribution in [0, 0.1) is 5.82 Å². The number of nitrogens with zero attached hydrogens (tertiary/aromatic N) is 1. The molecular weight excluding hydrogens is 464 g/mol. The van der Waals surface area contributed by atoms with Crippen molar-refractivity contribution in [3.05, 3.63) is 30.1 Å². The van der Waals surface area contributed by atoms with Gasteiger partial charge in [-0.15, -0.1) is 24.0 Å². The van der Waals surface area contributed by atoms with Crippen molar-refractivity contribution in [2.75, 3.05) is 26.7 Å². The Bertz CT molecular complexity index is 573. The van der Waals surface area contributed by atoms with Crippen LogP contribution >= 0.6 is 24.0 Å². The summed E-state index contributed by atoms with van der Waals surface area (Å²) in [5.74, 6) is 0.729. The molecule has 0 fully saturated rings. The molecule has 6 nitrogen and oxygen atoms in total. The van der Waals surface area contributed by atoms with Crippen LogP contribution in [-0.4, -0.2) is 44.8 Å². The van der Waals surface area contributed by atoms with Crippen molar-refractivity contribution in [1.82, 2.24) is 10.6 Å². The van der Waals surface area contributed by atoms with Crippen LogP contribution in [0.4, 0.5) is 4.39 Å². The molecule has 0 aliphatic heterocycles. The van der Waals surface area contributed by atoms with Crippen molar-refractivity contribution in [1.29, 1.82) is 0 Å². The van der Waals surface area contributed by atoms with Crippen LogP contribution in [0.2, 0.25) is 0 Å². The minimum Gasteiger partial charge on any atom is -0.489 e. The van der Waals surface area contributed by atoms with Gasteiger partial charge < -0.3 is 20.1 Å². The Morgan fingerprint density at radius 1 is 1.26 bits per heavy atom. The first-order valence-corrected chi connectivity index (χ1v) is 9.06. The number of ether oxygens (including phenoxy) is 2. The molecule has 1 rings (SSSR count). The summed E-state index contributed by atoms with van der Waals surface area (Å²) in [6.07, 6.45) is 2.99. The molecule has 0 saturated heterocycles. The fourth-order valence-electron chi connectivity index (χ4n) is 2.25. The minimum atomic E-state index is -0.319. The molecule has 0 spiro atoms. The number of hydrogen-bond acceptors (Lipinski definition) is 4. The molecule has 0 heterocycles. The lowest BCUT2D eigenvalue weighted by molar-refractivity contribution is -0.140. The van der Waals surface area contributed by atoms with Crippen LogP contribution in [0.25, 0.3) is 0 Å². The third-order valence-electron chi connectivity index (χ3n) is 3.56. The summed E-state index contributed by atoms with van der Waals surface area (Å²) in [6.45, 7) is 5.87. The van der Waals surface area contributed by atoms with Gasteiger partial charge in [-0.25, -0.2) is 9.38 Å². The summed E-state index contributed by atoms with van der Waals surface area (Å²) >= 11 is 0. The van der Waals surface area contributed by atoms with Gasteiger partial charge in [0.05, 0.1) is 13.7 Å². The minimum absolute atomic E-state index is 0. The number of unbranched alkanes of at least 4 members (excludes halogenated alkanes) is 2. The first-order chi connectivity index (χ1) is 12.5. The van der Waals surface area contributed by atoms with Gasteiger partial charge in [0.2, 0.25) is 0 Å². The standard InChI is InChI=1S/C19H30FN3O3.HI/c1-4-21-19(22-12-7-5-6-11-18(24)25-3)23-14-15(2)26-17-10-8-9-16(20)13-17;/h8-10,13,15H,4-7,11-12,14H2,1-3H3,(H2,21,22,23);1H. The van der Waals surface area contributed by atoms with Gasteiger partial charge in [0.15, 0.2) is 5.96 Å². The van der Waals surface area contributed by atoms with Gasteiger partial charge in [0.1, 0.15) is 17.7 Å². The van der Waals surface area contributed by atoms with E-state index in [2.05, 4.69) is 20.4 Å². The number of hydrogen-bond donors (Lipinski definition) is 2. The molecule has 0 aromatic heterocycles. The van der Waals surface area contributed by atoms with Crippen molar-refractivity contribution in [3.63, 3.8) is 0 Å². The SMILES string of the molecule is CCNC(=NCC(C)Oc1cccc(F)c1)NCCCCCC(=O)OC.I. The van der Waals surface area contributed by atoms with Gasteiger partial charge in [-0.3, -0.25) is 4.79 Å². The van der Waals surface area contributed by atoms with E-state index in [4.69, 9.17) is 4.74 Å². The molecule has 0 aliphatic carbocycles. The summed E-state index contributed by atoms with van der Waals surface area (Å²) in [6, 6.07) is 6.08. The molecule has 0 amide bonds. The number of nitrogens with one attached hydrogen (secondary N) is 2. The van der Waals surface area contributed by atoms with Gasteiger partial charge in [-0.05, 0) is 38.8 Å². The number of halogens is 2. The molecule has 1 aromatic carbocycles. The Morgan fingerprint density at radius 2 is 2.04 bits per heavy atom. The summed E-state index contributed by atoms with van der Waals surface area (Å²) in [5.41, 5.74) is 0. The van der Waals surface area contributed by atoms with E-state index >= 15 is 0 Å². The fourth-order valence-corrected chi connectivity index (χ4v) is 2.25. The normalized spacial score (nSPS) is 11.9. The Balaban J connectivity index is 0.00000676. The van der Waals surface area contributed by atoms with Gasteiger partial charge in [-0.2, -0.15) is 0 Å². The van der Waals surface area contributed by atoms with E-state index in [1.807, 2.05) is 13.8 Å². The van der Waals surface area contributed by atoms with Gasteiger partial charge in [-0.1, -0.05) is 12.5 Å². The van der Waals surface area contributed by atoms with E-state index in [-0.39, 0.29) is 41.9 Å². The maximum Gasteiger partial charge on any atom is 0.305 e. The predicted octanol–water partition coefficient (Wildman–Crippen LogP) is 3.50. The molecule has 8 heteroatoms. The molecule has 0 saturated carbocycles. The maximum atomic E-state index is 13.2. The number of guanidine groups is 1. The Kier molecular flexibility index (Phi) is 14.6. The molecule has 1 aromatic rings. The van der Waals surface area contributed by atoms with Crippen molar-refractivity contribution < 1.29 is 18.7 Å². The topological polar surface area (TPSA) is 72.0 Å². The smallest absolute Gasteiger partial charge is 0.305 e. The van der Waals surface area contributed by atoms with E-state index < -0.39 is 0 Å². The van der Waals surface area contributed by atoms with Crippen LogP contribution in [0.3, 0.4) is 0 Å². The van der Waals surface area contributed by atoms with Crippen molar-refractivity contribution in [2.45, 2.75) is 45.6 Å². The Morgan fingerprint density at radius 3 is 2.70 bits per heavy atom. The van der Waals surface area contributed by atoms with E-state index in [0.29, 0.717) is 18.7 Å². The number of esters is 1. The maximum absolute atomic E-state index is 13.2. The van der Waals surface area contributed by atoms with Crippen LogP contribution in [0.5, 0.6) is 5.75 Å². The second-order valence-corrected chi connectivity index (χ2v) is 5.92. The monoisotopic (exact) mass is 495 g/mol. The Labute approximate surface area is 178 Å². The molecule has 27 heavy (non-hydrogen) atoms. The average Bonchev–Trinajstić information content (AvgIpc) is 2.62. The second kappa shape index (κ2) is 15.5. The molecule has 154 valence electrons. The van der Waals surface area contributed by atoms with E-state index in [9.17, 15) is 9.18 Å². The lowest BCUT2D eigenvalue weighted by Gasteiger charge is -2.15. The quantitative estimate of drug-likeness (QED) is 0.162. The molecule has 1 unspecified atom stereocenters. The average molecular weight is 495 g/mol. The van der Waals surface area contributed by atoms with Crippen LogP contribution in [0.15, 0.2) is 29.3 Å². The lowest BCUT2D eigenvalue weighted by Crippen LogP contribution is -2.38. The van der Waals surface area contributed by atoms with Crippen LogP contribution < -0.4 is 15.4 Å². The Hall–Kier alpha value is -1.58. The summed E-state index contributed by atoms with van der Waals surface area (Å²) in [7, 11) is 1.40. The zero-order chi connectivity index (χ0) is 19.2. The number of carbonyl (C=O) groups is 1. The van der Waals surface area contributed by atoms with E-state index in [0.717, 1.165) is 38.3 Å². The van der Waals surface area contributed by atoms with E-state index in [1.165, 1.54) is 19.2 Å². The van der Waals surface area contributed by atoms with Crippen molar-refractivity contribution in [3.8, 4) is 5.75 Å². The van der Waals surface area contributed by atoms with Crippen LogP contribution in [-0.2, 0) is 9.53 Å². The van der Waals surface area contributed by atoms with Gasteiger partial charge >= 0.3 is 5.97 Å². The largest absolute Gasteiger partial charge is 0.489 e. The molecule has 0 aliphatic rings. The van der Waals surface area contributed by atoms with Crippen molar-refractivity contribution in [2.24, 2.45) is 4.99 Å². The highest BCUT2D eigenvalue weighted by Gasteiger charge is 2.05.